The second-order valence-corrected chi connectivity index (χ2v) is 13.6. The molecule has 0 aliphatic rings. The molecule has 0 aliphatic heterocycles. The number of methoxy groups -OCH3 is 1. The summed E-state index contributed by atoms with van der Waals surface area (Å²) in [5.41, 5.74) is 4.57. The van der Waals surface area contributed by atoms with Gasteiger partial charge in [0.25, 0.3) is 0 Å². The van der Waals surface area contributed by atoms with Crippen molar-refractivity contribution in [1.82, 2.24) is 0 Å². The van der Waals surface area contributed by atoms with Crippen LogP contribution in [0.4, 0.5) is 0 Å². The molecular weight excluding hydrogens is 858 g/mol. The number of rotatable bonds is 4. The zero-order valence-electron chi connectivity index (χ0n) is 27.3. The number of fused-ring (bicyclic) bond motifs is 6. The Hall–Kier alpha value is -4.36. The number of carbonyl (C=O) groups excluding carboxylic acids is 3. The van der Waals surface area contributed by atoms with Crippen molar-refractivity contribution in [2.45, 2.75) is 6.92 Å². The first-order valence-corrected chi connectivity index (χ1v) is 17.7. The molecule has 0 atom stereocenters. The van der Waals surface area contributed by atoms with E-state index in [0.717, 1.165) is 16.9 Å². The van der Waals surface area contributed by atoms with Crippen LogP contribution in [0.15, 0.2) is 138 Å². The Morgan fingerprint density at radius 3 is 1.76 bits per heavy atom. The van der Waals surface area contributed by atoms with Crippen LogP contribution in [-0.4, -0.2) is 31.9 Å². The van der Waals surface area contributed by atoms with Crippen LogP contribution in [0.25, 0.3) is 51.5 Å². The molecule has 0 unspecified atom stereocenters. The van der Waals surface area contributed by atoms with Crippen LogP contribution in [0, 0.1) is 6.92 Å². The Morgan fingerprint density at radius 1 is 0.667 bits per heavy atom. The number of thiophene rings is 2. The summed E-state index contributed by atoms with van der Waals surface area (Å²) in [6.07, 6.45) is 0.250. The minimum atomic E-state index is -0.322. The highest BCUT2D eigenvalue weighted by Crippen LogP contribution is 2.41. The van der Waals surface area contributed by atoms with Crippen molar-refractivity contribution < 1.29 is 52.8 Å². The van der Waals surface area contributed by atoms with Crippen molar-refractivity contribution >= 4 is 98.8 Å². The van der Waals surface area contributed by atoms with Gasteiger partial charge in [-0.25, -0.2) is 4.79 Å². The monoisotopic (exact) mass is 886 g/mol. The van der Waals surface area contributed by atoms with Crippen molar-refractivity contribution in [3.05, 3.63) is 149 Å². The second kappa shape index (κ2) is 19.3. The van der Waals surface area contributed by atoms with Crippen LogP contribution in [0.5, 0.6) is 5.75 Å². The van der Waals surface area contributed by atoms with Crippen molar-refractivity contribution in [2.24, 2.45) is 0 Å². The fourth-order valence-electron chi connectivity index (χ4n) is 5.44. The first-order chi connectivity index (χ1) is 24.4. The van der Waals surface area contributed by atoms with Gasteiger partial charge in [0, 0.05) is 40.1 Å². The van der Waals surface area contributed by atoms with Crippen LogP contribution < -0.4 is 28.6 Å². The molecule has 0 fully saturated rings. The van der Waals surface area contributed by atoms with Crippen LogP contribution >= 0.6 is 38.6 Å². The van der Waals surface area contributed by atoms with E-state index in [1.165, 1.54) is 59.4 Å². The van der Waals surface area contributed by atoms with E-state index in [4.69, 9.17) is 19.3 Å². The van der Waals surface area contributed by atoms with E-state index < -0.39 is 0 Å². The van der Waals surface area contributed by atoms with E-state index >= 15 is 0 Å². The third kappa shape index (κ3) is 9.31. The number of esters is 1. The van der Waals surface area contributed by atoms with Crippen LogP contribution in [-0.2, 0) is 14.3 Å². The smallest absolute Gasteiger partial charge is 0.569 e. The zero-order valence-corrected chi connectivity index (χ0v) is 32.7. The second-order valence-electron chi connectivity index (χ2n) is 10.6. The minimum Gasteiger partial charge on any atom is -1.00 e. The summed E-state index contributed by atoms with van der Waals surface area (Å²) in [4.78, 5) is 27.2. The van der Waals surface area contributed by atoms with E-state index in [-0.39, 0.29) is 36.1 Å². The van der Waals surface area contributed by atoms with E-state index in [0.29, 0.717) is 11.3 Å². The average Bonchev–Trinajstić information content (AvgIpc) is 3.72. The molecule has 2 aromatic heterocycles. The Kier molecular flexibility index (Phi) is 14.9. The van der Waals surface area contributed by atoms with Gasteiger partial charge in [-0.1, -0.05) is 103 Å². The standard InChI is InChI=1S/C19H14S.C12H8BO2S.C8H7BrO2.CO2.HI/c1-13-7-2-3-8-14(13)16-10-6-11-17-15-9-4-5-12-18(15)20-19(16)17;14-13-15-10-6-3-5-9-8-4-1-2-7-11(8)16-12(9)10;1-11-8(10)6-4-2-3-5-7(6)9;2-1-3;/h2-12H,1H3;1-7,14H;2-5H,1H3;;1H/p-1. The molecule has 8 rings (SSSR count). The Labute approximate surface area is 329 Å². The van der Waals surface area contributed by atoms with E-state index in [1.54, 1.807) is 29.5 Å². The van der Waals surface area contributed by atoms with Gasteiger partial charge < -0.3 is 38.4 Å². The molecule has 0 spiro atoms. The van der Waals surface area contributed by atoms with Gasteiger partial charge in [0.1, 0.15) is 5.75 Å². The normalized spacial score (nSPS) is 9.96. The fourth-order valence-corrected chi connectivity index (χ4v) is 8.28. The van der Waals surface area contributed by atoms with Crippen molar-refractivity contribution in [3.63, 3.8) is 0 Å². The van der Waals surface area contributed by atoms with Crippen LogP contribution in [0.1, 0.15) is 15.9 Å². The lowest BCUT2D eigenvalue weighted by molar-refractivity contribution is -0.191. The number of carbonyl (C=O) groups is 1. The highest BCUT2D eigenvalue weighted by atomic mass is 127. The van der Waals surface area contributed by atoms with Gasteiger partial charge in [-0.15, -0.1) is 22.7 Å². The molecule has 1 radical (unpaired) electrons. The number of halogens is 2. The fraction of sp³-hybridized carbons (Fsp3) is 0.0500. The quantitative estimate of drug-likeness (QED) is 0.111. The molecule has 255 valence electrons. The molecule has 6 aromatic carbocycles. The van der Waals surface area contributed by atoms with Gasteiger partial charge in [-0.2, -0.15) is 9.59 Å². The lowest BCUT2D eigenvalue weighted by Crippen LogP contribution is -3.00. The molecule has 2 heterocycles. The zero-order chi connectivity index (χ0) is 35.5. The molecule has 8 aromatic rings. The molecule has 1 N–H and O–H groups in total. The lowest BCUT2D eigenvalue weighted by atomic mass is 9.99. The molecule has 0 saturated heterocycles. The summed E-state index contributed by atoms with van der Waals surface area (Å²) in [7, 11) is 2.08. The largest absolute Gasteiger partial charge is 1.00 e. The van der Waals surface area contributed by atoms with E-state index in [1.807, 2.05) is 41.7 Å². The highest BCUT2D eigenvalue weighted by molar-refractivity contribution is 9.10. The van der Waals surface area contributed by atoms with Gasteiger partial charge >= 0.3 is 19.8 Å². The average molecular weight is 887 g/mol. The lowest BCUT2D eigenvalue weighted by Gasteiger charge is -2.06. The van der Waals surface area contributed by atoms with Gasteiger partial charge in [-0.05, 0) is 69.9 Å². The summed E-state index contributed by atoms with van der Waals surface area (Å²) in [6.45, 7) is 2.18. The summed E-state index contributed by atoms with van der Waals surface area (Å²) in [5, 5.41) is 13.8. The first-order valence-electron chi connectivity index (χ1n) is 15.2. The summed E-state index contributed by atoms with van der Waals surface area (Å²) in [5.74, 6) is 0.374. The third-order valence-corrected chi connectivity index (χ3v) is 10.8. The Balaban J connectivity index is 0.000000170. The van der Waals surface area contributed by atoms with Gasteiger partial charge in [0.2, 0.25) is 0 Å². The molecule has 6 nitrogen and oxygen atoms in total. The van der Waals surface area contributed by atoms with Gasteiger partial charge in [0.05, 0.1) is 17.4 Å². The summed E-state index contributed by atoms with van der Waals surface area (Å²) < 4.78 is 15.4. The number of hydrogen-bond donors (Lipinski definition) is 1. The highest BCUT2D eigenvalue weighted by Gasteiger charge is 2.11. The van der Waals surface area contributed by atoms with E-state index in [9.17, 15) is 4.79 Å². The molecule has 0 saturated carbocycles. The van der Waals surface area contributed by atoms with Crippen molar-refractivity contribution in [3.8, 4) is 16.9 Å². The molecule has 0 aliphatic carbocycles. The van der Waals surface area contributed by atoms with Crippen LogP contribution in [0.3, 0.4) is 0 Å². The SMILES string of the molecule is COC(=O)c1ccccc1Br.Cc1ccccc1-c1cccc2c1sc1ccccc12.O=C=O.O[B]Oc1cccc2c1sc1ccccc12.[I-]. The molecule has 11 heteroatoms. The van der Waals surface area contributed by atoms with Crippen molar-refractivity contribution in [1.29, 1.82) is 0 Å². The topological polar surface area (TPSA) is 89.9 Å². The summed E-state index contributed by atoms with van der Waals surface area (Å²) >= 11 is 6.80. The maximum absolute atomic E-state index is 11.0. The molecular formula is C40H29BBrIO6S2-. The predicted octanol–water partition coefficient (Wildman–Crippen LogP) is 7.65. The van der Waals surface area contributed by atoms with Crippen LogP contribution in [0.2, 0.25) is 0 Å². The molecule has 0 amide bonds. The number of hydrogen-bond acceptors (Lipinski definition) is 8. The Bertz CT molecular complexity index is 2440. The number of aryl methyl sites for hydroxylation is 1. The maximum atomic E-state index is 11.0. The van der Waals surface area contributed by atoms with E-state index in [2.05, 4.69) is 113 Å². The first kappa shape index (κ1) is 39.4. The number of benzene rings is 6. The van der Waals surface area contributed by atoms with Gasteiger partial charge in [-0.3, -0.25) is 0 Å². The van der Waals surface area contributed by atoms with Gasteiger partial charge in [0.15, 0.2) is 0 Å². The molecule has 51 heavy (non-hydrogen) atoms. The summed E-state index contributed by atoms with van der Waals surface area (Å²) in [6, 6.07) is 45.1. The maximum Gasteiger partial charge on any atom is 0.569 e. The third-order valence-electron chi connectivity index (χ3n) is 7.67. The predicted molar refractivity (Wildman–Crippen MR) is 208 cm³/mol. The van der Waals surface area contributed by atoms with Crippen molar-refractivity contribution in [2.75, 3.05) is 7.11 Å². The molecule has 0 bridgehead atoms. The minimum absolute atomic E-state index is 0. The number of ether oxygens (including phenoxy) is 1. The Morgan fingerprint density at radius 2 is 1.16 bits per heavy atom.